The number of sulfonamides is 1. The molecule has 5 atom stereocenters. The van der Waals surface area contributed by atoms with Crippen molar-refractivity contribution in [1.82, 2.24) is 14.1 Å². The van der Waals surface area contributed by atoms with Crippen LogP contribution in [-0.4, -0.2) is 66.2 Å². The molecule has 5 rings (SSSR count). The van der Waals surface area contributed by atoms with Gasteiger partial charge in [0.15, 0.2) is 0 Å². The largest absolute Gasteiger partial charge is 0.342 e. The fraction of sp³-hybridized carbons (Fsp3) is 0.517. The first-order valence-corrected chi connectivity index (χ1v) is 14.9. The molecule has 3 amide bonds. The van der Waals surface area contributed by atoms with Crippen LogP contribution in [-0.2, 0) is 14.8 Å². The topological polar surface area (TPSA) is 78.0 Å². The summed E-state index contributed by atoms with van der Waals surface area (Å²) < 4.78 is 29.0. The van der Waals surface area contributed by atoms with Gasteiger partial charge in [-0.2, -0.15) is 0 Å². The van der Waals surface area contributed by atoms with Gasteiger partial charge in [0.2, 0.25) is 5.91 Å². The molecule has 0 unspecified atom stereocenters. The summed E-state index contributed by atoms with van der Waals surface area (Å²) in [6, 6.07) is 15.5. The summed E-state index contributed by atoms with van der Waals surface area (Å²) in [6.45, 7) is 7.84. The fourth-order valence-electron chi connectivity index (χ4n) is 6.65. The molecule has 0 aromatic heterocycles. The number of amides is 3. The summed E-state index contributed by atoms with van der Waals surface area (Å²) in [7, 11) is -4.08. The highest BCUT2D eigenvalue weighted by Gasteiger charge is 2.55. The number of likely N-dealkylation sites (N-methyl/N-ethyl adjacent to an activating group) is 1. The molecule has 3 fully saturated rings. The summed E-state index contributed by atoms with van der Waals surface area (Å²) >= 11 is 0. The van der Waals surface area contributed by atoms with Gasteiger partial charge in [0.25, 0.3) is 10.0 Å². The van der Waals surface area contributed by atoms with Crippen LogP contribution in [0.15, 0.2) is 59.5 Å². The molecule has 2 aliphatic heterocycles. The monoisotopic (exact) mass is 523 g/mol. The van der Waals surface area contributed by atoms with Gasteiger partial charge in [0.05, 0.1) is 17.0 Å². The molecule has 0 N–H and O–H groups in total. The van der Waals surface area contributed by atoms with Gasteiger partial charge in [-0.25, -0.2) is 17.5 Å². The van der Waals surface area contributed by atoms with Crippen LogP contribution in [0.2, 0.25) is 0 Å². The van der Waals surface area contributed by atoms with Crippen LogP contribution >= 0.6 is 0 Å². The third-order valence-corrected chi connectivity index (χ3v) is 10.5. The Morgan fingerprint density at radius 2 is 1.59 bits per heavy atom. The minimum Gasteiger partial charge on any atom is -0.342 e. The molecule has 37 heavy (non-hydrogen) atoms. The lowest BCUT2D eigenvalue weighted by atomic mass is 9.77. The van der Waals surface area contributed by atoms with E-state index in [2.05, 4.69) is 19.1 Å². The number of likely N-dealkylation sites (tertiary alicyclic amines) is 1. The van der Waals surface area contributed by atoms with E-state index in [9.17, 15) is 18.0 Å². The normalized spacial score (nSPS) is 28.4. The molecule has 2 aromatic carbocycles. The van der Waals surface area contributed by atoms with Gasteiger partial charge >= 0.3 is 6.03 Å². The van der Waals surface area contributed by atoms with E-state index in [1.807, 2.05) is 36.9 Å². The number of fused-ring (bicyclic) bond motifs is 1. The van der Waals surface area contributed by atoms with Gasteiger partial charge in [0.1, 0.15) is 0 Å². The third-order valence-electron chi connectivity index (χ3n) is 8.72. The average Bonchev–Trinajstić information content (AvgIpc) is 3.49. The Morgan fingerprint density at radius 3 is 2.22 bits per heavy atom. The Morgan fingerprint density at radius 1 is 0.946 bits per heavy atom. The van der Waals surface area contributed by atoms with Gasteiger partial charge in [0, 0.05) is 25.6 Å². The van der Waals surface area contributed by atoms with Crippen molar-refractivity contribution in [2.24, 2.45) is 11.8 Å². The lowest BCUT2D eigenvalue weighted by Crippen LogP contribution is -2.44. The number of carbonyl (C=O) groups excluding carboxylic acids is 2. The Balaban J connectivity index is 1.60. The van der Waals surface area contributed by atoms with Crippen LogP contribution in [0.1, 0.15) is 56.6 Å². The Bertz CT molecular complexity index is 1240. The van der Waals surface area contributed by atoms with Crippen molar-refractivity contribution >= 4 is 22.0 Å². The van der Waals surface area contributed by atoms with E-state index < -0.39 is 22.1 Å². The van der Waals surface area contributed by atoms with Crippen molar-refractivity contribution in [3.63, 3.8) is 0 Å². The van der Waals surface area contributed by atoms with E-state index in [1.54, 1.807) is 29.2 Å². The van der Waals surface area contributed by atoms with Crippen LogP contribution in [0.25, 0.3) is 0 Å². The molecular weight excluding hydrogens is 486 g/mol. The molecule has 0 spiro atoms. The summed E-state index contributed by atoms with van der Waals surface area (Å²) in [4.78, 5) is 31.4. The highest BCUT2D eigenvalue weighted by Crippen LogP contribution is 2.47. The molecule has 0 radical (unpaired) electrons. The molecule has 198 valence electrons. The number of urea groups is 1. The van der Waals surface area contributed by atoms with Gasteiger partial charge in [-0.3, -0.25) is 4.79 Å². The van der Waals surface area contributed by atoms with E-state index in [4.69, 9.17) is 0 Å². The third kappa shape index (κ3) is 4.54. The Kier molecular flexibility index (Phi) is 7.05. The predicted octanol–water partition coefficient (Wildman–Crippen LogP) is 4.63. The van der Waals surface area contributed by atoms with Crippen molar-refractivity contribution in [3.05, 3.63) is 65.7 Å². The zero-order valence-corrected chi connectivity index (χ0v) is 22.7. The zero-order chi connectivity index (χ0) is 26.3. The molecule has 2 saturated heterocycles. The standard InChI is InChI=1S/C29H37N3O4S/c1-4-31-26-18-24(22-10-6-5-7-11-22)21(3)25(28(33)30-16-8-9-17-30)19-27(26)32(29(31)34)37(35,36)23-14-12-20(2)13-15-23/h5-7,10-15,21,24-27H,4,8-9,16-19H2,1-3H3/t21-,24-,25+,26+,27-/m1/s1. The van der Waals surface area contributed by atoms with Gasteiger partial charge in [-0.1, -0.05) is 55.0 Å². The molecule has 3 aliphatic rings. The number of hydrogen-bond acceptors (Lipinski definition) is 4. The van der Waals surface area contributed by atoms with Gasteiger partial charge in [-0.05, 0) is 69.1 Å². The number of aryl methyl sites for hydroxylation is 1. The number of hydrogen-bond donors (Lipinski definition) is 0. The first-order chi connectivity index (χ1) is 17.7. The highest BCUT2D eigenvalue weighted by atomic mass is 32.2. The van der Waals surface area contributed by atoms with Gasteiger partial charge < -0.3 is 9.80 Å². The number of rotatable bonds is 5. The van der Waals surface area contributed by atoms with E-state index in [0.29, 0.717) is 19.4 Å². The average molecular weight is 524 g/mol. The molecular formula is C29H37N3O4S. The molecule has 2 heterocycles. The molecule has 0 bridgehead atoms. The second-order valence-electron chi connectivity index (χ2n) is 10.8. The summed E-state index contributed by atoms with van der Waals surface area (Å²) in [5.74, 6) is -0.212. The first-order valence-electron chi connectivity index (χ1n) is 13.5. The van der Waals surface area contributed by atoms with Gasteiger partial charge in [-0.15, -0.1) is 0 Å². The van der Waals surface area contributed by atoms with Crippen LogP contribution in [0.4, 0.5) is 4.79 Å². The maximum absolute atomic E-state index is 13.9. The summed E-state index contributed by atoms with van der Waals surface area (Å²) in [6.07, 6.45) is 2.96. The SMILES string of the molecule is CCN1C(=O)N(S(=O)(=O)c2ccc(C)cc2)[C@@H]2C[C@H](C(=O)N3CCCC3)[C@H](C)[C@H](c3ccccc3)C[C@@H]21. The second-order valence-corrected chi connectivity index (χ2v) is 12.6. The number of carbonyl (C=O) groups is 2. The zero-order valence-electron chi connectivity index (χ0n) is 21.9. The molecule has 1 aliphatic carbocycles. The minimum atomic E-state index is -4.08. The number of benzene rings is 2. The lowest BCUT2D eigenvalue weighted by Gasteiger charge is -2.33. The van der Waals surface area contributed by atoms with Crippen LogP contribution < -0.4 is 0 Å². The van der Waals surface area contributed by atoms with Crippen molar-refractivity contribution in [2.75, 3.05) is 19.6 Å². The van der Waals surface area contributed by atoms with Crippen LogP contribution in [0, 0.1) is 18.8 Å². The van der Waals surface area contributed by atoms with Crippen molar-refractivity contribution < 1.29 is 18.0 Å². The van der Waals surface area contributed by atoms with Crippen molar-refractivity contribution in [3.8, 4) is 0 Å². The molecule has 1 saturated carbocycles. The Labute approximate surface area is 220 Å². The van der Waals surface area contributed by atoms with Crippen LogP contribution in [0.5, 0.6) is 0 Å². The maximum atomic E-state index is 13.9. The number of nitrogens with zero attached hydrogens (tertiary/aromatic N) is 3. The lowest BCUT2D eigenvalue weighted by molar-refractivity contribution is -0.136. The smallest absolute Gasteiger partial charge is 0.334 e. The minimum absolute atomic E-state index is 0.0128. The van der Waals surface area contributed by atoms with Crippen molar-refractivity contribution in [2.45, 2.75) is 69.4 Å². The van der Waals surface area contributed by atoms with Crippen LogP contribution in [0.3, 0.4) is 0 Å². The quantitative estimate of drug-likeness (QED) is 0.573. The van der Waals surface area contributed by atoms with E-state index >= 15 is 0 Å². The predicted molar refractivity (Wildman–Crippen MR) is 142 cm³/mol. The van der Waals surface area contributed by atoms with Crippen molar-refractivity contribution in [1.29, 1.82) is 0 Å². The molecule has 7 nitrogen and oxygen atoms in total. The molecule has 8 heteroatoms. The highest BCUT2D eigenvalue weighted by molar-refractivity contribution is 7.89. The van der Waals surface area contributed by atoms with E-state index in [1.165, 1.54) is 0 Å². The summed E-state index contributed by atoms with van der Waals surface area (Å²) in [5.41, 5.74) is 2.09. The summed E-state index contributed by atoms with van der Waals surface area (Å²) in [5, 5.41) is 0. The first kappa shape index (κ1) is 25.8. The maximum Gasteiger partial charge on any atom is 0.334 e. The fourth-order valence-corrected chi connectivity index (χ4v) is 8.25. The van der Waals surface area contributed by atoms with E-state index in [-0.39, 0.29) is 34.6 Å². The Hall–Kier alpha value is -2.87. The molecule has 2 aromatic rings. The van der Waals surface area contributed by atoms with E-state index in [0.717, 1.165) is 41.4 Å². The second kappa shape index (κ2) is 10.1.